The predicted molar refractivity (Wildman–Crippen MR) is 125 cm³/mol. The van der Waals surface area contributed by atoms with Crippen LogP contribution in [-0.4, -0.2) is 64.9 Å². The number of anilines is 1. The molecule has 33 heavy (non-hydrogen) atoms. The van der Waals surface area contributed by atoms with E-state index in [1.54, 1.807) is 11.3 Å². The highest BCUT2D eigenvalue weighted by atomic mass is 35.5. The van der Waals surface area contributed by atoms with Crippen molar-refractivity contribution in [3.05, 3.63) is 67.2 Å². The third-order valence-electron chi connectivity index (χ3n) is 5.30. The number of hydrogen-bond donors (Lipinski definition) is 1. The van der Waals surface area contributed by atoms with Crippen molar-refractivity contribution in [3.63, 3.8) is 0 Å². The Morgan fingerprint density at radius 3 is 2.36 bits per heavy atom. The number of carbonyl (C=O) groups is 1. The zero-order chi connectivity index (χ0) is 23.5. The van der Waals surface area contributed by atoms with Crippen molar-refractivity contribution >= 4 is 55.6 Å². The Morgan fingerprint density at radius 1 is 1.09 bits per heavy atom. The van der Waals surface area contributed by atoms with Crippen LogP contribution in [0.3, 0.4) is 0 Å². The topological polar surface area (TPSA) is 135 Å². The fourth-order valence-electron chi connectivity index (χ4n) is 3.57. The van der Waals surface area contributed by atoms with Gasteiger partial charge in [0, 0.05) is 51.4 Å². The lowest BCUT2D eigenvalue weighted by atomic mass is 10.1. The summed E-state index contributed by atoms with van der Waals surface area (Å²) >= 11 is 7.83. The zero-order valence-corrected chi connectivity index (χ0v) is 18.8. The first-order valence-electron chi connectivity index (χ1n) is 10.1. The number of aromatic nitrogens is 1. The van der Waals surface area contributed by atoms with Crippen molar-refractivity contribution in [2.24, 2.45) is 0 Å². The number of nitro benzene ring substituents is 2. The third-order valence-corrected chi connectivity index (χ3v) is 6.69. The summed E-state index contributed by atoms with van der Waals surface area (Å²) in [7, 11) is 0. The number of nitrogens with zero attached hydrogens (tertiary/aromatic N) is 5. The van der Waals surface area contributed by atoms with Gasteiger partial charge in [-0.25, -0.2) is 4.98 Å². The van der Waals surface area contributed by atoms with Crippen molar-refractivity contribution in [1.29, 1.82) is 0 Å². The van der Waals surface area contributed by atoms with Crippen LogP contribution in [0.1, 0.15) is 10.4 Å². The lowest BCUT2D eigenvalue weighted by molar-refractivity contribution is -0.394. The number of hydrogen-bond acceptors (Lipinski definition) is 9. The van der Waals surface area contributed by atoms with Crippen LogP contribution in [0.25, 0.3) is 10.2 Å². The highest BCUT2D eigenvalue weighted by Gasteiger charge is 2.22. The van der Waals surface area contributed by atoms with Gasteiger partial charge < -0.3 is 10.2 Å². The predicted octanol–water partition coefficient (Wildman–Crippen LogP) is 3.32. The van der Waals surface area contributed by atoms with E-state index in [-0.39, 0.29) is 5.56 Å². The van der Waals surface area contributed by atoms with Gasteiger partial charge in [-0.3, -0.25) is 29.9 Å². The highest BCUT2D eigenvalue weighted by Crippen LogP contribution is 2.33. The largest absolute Gasteiger partial charge is 0.351 e. The molecule has 172 valence electrons. The molecule has 1 aliphatic rings. The van der Waals surface area contributed by atoms with Crippen molar-refractivity contribution in [2.45, 2.75) is 0 Å². The molecule has 4 rings (SSSR count). The van der Waals surface area contributed by atoms with Crippen LogP contribution in [0.5, 0.6) is 0 Å². The zero-order valence-electron chi connectivity index (χ0n) is 17.3. The van der Waals surface area contributed by atoms with Crippen LogP contribution in [0, 0.1) is 20.2 Å². The number of amides is 1. The number of nitrogens with one attached hydrogen (secondary N) is 1. The van der Waals surface area contributed by atoms with E-state index >= 15 is 0 Å². The van der Waals surface area contributed by atoms with E-state index in [2.05, 4.69) is 20.1 Å². The lowest BCUT2D eigenvalue weighted by Gasteiger charge is -2.34. The lowest BCUT2D eigenvalue weighted by Crippen LogP contribution is -2.48. The van der Waals surface area contributed by atoms with Gasteiger partial charge in [0.1, 0.15) is 5.52 Å². The fourth-order valence-corrected chi connectivity index (χ4v) is 4.88. The summed E-state index contributed by atoms with van der Waals surface area (Å²) in [5.41, 5.74) is -0.302. The molecule has 11 nitrogen and oxygen atoms in total. The van der Waals surface area contributed by atoms with Crippen LogP contribution in [-0.2, 0) is 0 Å². The summed E-state index contributed by atoms with van der Waals surface area (Å²) in [5.74, 6) is -0.591. The van der Waals surface area contributed by atoms with Crippen LogP contribution >= 0.6 is 22.9 Å². The van der Waals surface area contributed by atoms with Crippen LogP contribution in [0.2, 0.25) is 5.02 Å². The number of halogens is 1. The van der Waals surface area contributed by atoms with Crippen LogP contribution in [0.4, 0.5) is 16.5 Å². The Morgan fingerprint density at radius 2 is 1.76 bits per heavy atom. The van der Waals surface area contributed by atoms with Gasteiger partial charge in [-0.15, -0.1) is 0 Å². The molecule has 0 unspecified atom stereocenters. The van der Waals surface area contributed by atoms with Crippen molar-refractivity contribution < 1.29 is 14.6 Å². The third kappa shape index (κ3) is 5.18. The van der Waals surface area contributed by atoms with E-state index in [1.165, 1.54) is 0 Å². The Labute approximate surface area is 196 Å². The van der Waals surface area contributed by atoms with Crippen molar-refractivity contribution in [3.8, 4) is 0 Å². The molecule has 13 heteroatoms. The first kappa shape index (κ1) is 22.8. The Balaban J connectivity index is 1.29. The number of benzene rings is 2. The number of nitro groups is 2. The summed E-state index contributed by atoms with van der Waals surface area (Å²) in [5, 5.41) is 26.2. The first-order valence-corrected chi connectivity index (χ1v) is 11.3. The maximum Gasteiger partial charge on any atom is 0.277 e. The summed E-state index contributed by atoms with van der Waals surface area (Å²) in [6.45, 7) is 4.02. The minimum absolute atomic E-state index is 0.116. The van der Waals surface area contributed by atoms with E-state index in [0.717, 1.165) is 59.7 Å². The molecule has 0 atom stereocenters. The molecule has 1 aromatic heterocycles. The van der Waals surface area contributed by atoms with E-state index in [4.69, 9.17) is 11.6 Å². The minimum atomic E-state index is -0.761. The molecular weight excluding hydrogens is 472 g/mol. The minimum Gasteiger partial charge on any atom is -0.351 e. The second kappa shape index (κ2) is 9.65. The monoisotopic (exact) mass is 490 g/mol. The number of fused-ring (bicyclic) bond motifs is 1. The quantitative estimate of drug-likeness (QED) is 0.393. The first-order chi connectivity index (χ1) is 15.8. The van der Waals surface area contributed by atoms with Gasteiger partial charge in [-0.1, -0.05) is 29.0 Å². The maximum atomic E-state index is 12.4. The second-order valence-electron chi connectivity index (χ2n) is 7.42. The molecule has 3 aromatic rings. The fraction of sp³-hybridized carbons (Fsp3) is 0.300. The summed E-state index contributed by atoms with van der Waals surface area (Å²) in [6.07, 6.45) is 0. The standard InChI is InChI=1S/C20H19ClN6O5S/c21-16-2-1-3-17-18(16)23-20(33-17)25-8-6-24(7-9-25)5-4-22-19(28)13-10-14(26(29)30)12-15(11-13)27(31)32/h1-3,10-12H,4-9H2,(H,22,28). The van der Waals surface area contributed by atoms with Crippen LogP contribution in [0.15, 0.2) is 36.4 Å². The summed E-state index contributed by atoms with van der Waals surface area (Å²) in [6, 6.07) is 8.62. The SMILES string of the molecule is O=C(NCCN1CCN(c2nc3c(Cl)cccc3s2)CC1)c1cc([N+](=O)[O-])cc([N+](=O)[O-])c1. The summed E-state index contributed by atoms with van der Waals surface area (Å²) < 4.78 is 1.05. The maximum absolute atomic E-state index is 12.4. The van der Waals surface area contributed by atoms with Gasteiger partial charge in [0.05, 0.1) is 31.2 Å². The molecule has 0 radical (unpaired) electrons. The van der Waals surface area contributed by atoms with E-state index in [0.29, 0.717) is 18.1 Å². The van der Waals surface area contributed by atoms with Gasteiger partial charge >= 0.3 is 0 Å². The Hall–Kier alpha value is -3.35. The molecule has 0 aliphatic carbocycles. The van der Waals surface area contributed by atoms with E-state index < -0.39 is 27.1 Å². The molecule has 2 aromatic carbocycles. The second-order valence-corrected chi connectivity index (χ2v) is 8.84. The van der Waals surface area contributed by atoms with Crippen molar-refractivity contribution in [1.82, 2.24) is 15.2 Å². The van der Waals surface area contributed by atoms with Gasteiger partial charge in [0.15, 0.2) is 5.13 Å². The molecule has 1 aliphatic heterocycles. The molecule has 1 amide bonds. The number of carbonyl (C=O) groups excluding carboxylic acids is 1. The molecule has 1 saturated heterocycles. The normalized spacial score (nSPS) is 14.4. The molecule has 1 N–H and O–H groups in total. The van der Waals surface area contributed by atoms with Gasteiger partial charge in [0.2, 0.25) is 0 Å². The van der Waals surface area contributed by atoms with E-state index in [1.807, 2.05) is 18.2 Å². The Kier molecular flexibility index (Phi) is 6.67. The molecule has 0 saturated carbocycles. The van der Waals surface area contributed by atoms with Gasteiger partial charge in [-0.2, -0.15) is 0 Å². The number of piperazine rings is 1. The molecule has 2 heterocycles. The molecule has 1 fully saturated rings. The average molecular weight is 491 g/mol. The number of para-hydroxylation sites is 1. The Bertz CT molecular complexity index is 1190. The molecule has 0 spiro atoms. The number of thiazole rings is 1. The summed E-state index contributed by atoms with van der Waals surface area (Å²) in [4.78, 5) is 41.9. The van der Waals surface area contributed by atoms with Crippen molar-refractivity contribution in [2.75, 3.05) is 44.2 Å². The number of rotatable bonds is 7. The molecule has 0 bridgehead atoms. The molecular formula is C20H19ClN6O5S. The highest BCUT2D eigenvalue weighted by molar-refractivity contribution is 7.22. The smallest absolute Gasteiger partial charge is 0.277 e. The number of non-ortho nitro benzene ring substituents is 2. The average Bonchev–Trinajstić information content (AvgIpc) is 3.25. The van der Waals surface area contributed by atoms with Gasteiger partial charge in [0.25, 0.3) is 17.3 Å². The van der Waals surface area contributed by atoms with E-state index in [9.17, 15) is 25.0 Å². The van der Waals surface area contributed by atoms with Crippen LogP contribution < -0.4 is 10.2 Å². The van der Waals surface area contributed by atoms with Gasteiger partial charge in [-0.05, 0) is 12.1 Å².